The molecule has 0 fully saturated rings. The molecule has 1 N–H and O–H groups in total. The fraction of sp³-hybridized carbons (Fsp3) is 0.778. The topological polar surface area (TPSA) is 21.3 Å². The summed E-state index contributed by atoms with van der Waals surface area (Å²) < 4.78 is 5.18. The van der Waals surface area contributed by atoms with Gasteiger partial charge in [-0.1, -0.05) is 11.6 Å². The first-order valence-corrected chi connectivity index (χ1v) is 4.24. The molecule has 1 atom stereocenters. The van der Waals surface area contributed by atoms with Crippen LogP contribution in [0.4, 0.5) is 0 Å². The summed E-state index contributed by atoms with van der Waals surface area (Å²) in [5, 5.41) is 3.34. The summed E-state index contributed by atoms with van der Waals surface area (Å²) in [5.74, 6) is 0. The van der Waals surface area contributed by atoms with Gasteiger partial charge in [-0.3, -0.25) is 0 Å². The van der Waals surface area contributed by atoms with E-state index in [2.05, 4.69) is 18.3 Å². The van der Waals surface area contributed by atoms with Gasteiger partial charge in [-0.25, -0.2) is 0 Å². The Hall–Kier alpha value is -0.340. The van der Waals surface area contributed by atoms with Crippen molar-refractivity contribution in [2.75, 3.05) is 20.2 Å². The zero-order chi connectivity index (χ0) is 8.10. The maximum atomic E-state index is 5.18. The van der Waals surface area contributed by atoms with E-state index < -0.39 is 0 Å². The molecular formula is C9H17NO. The van der Waals surface area contributed by atoms with Crippen LogP contribution in [-0.2, 0) is 4.74 Å². The summed E-state index contributed by atoms with van der Waals surface area (Å²) in [6.45, 7) is 4.29. The minimum atomic E-state index is 0.362. The van der Waals surface area contributed by atoms with Gasteiger partial charge in [-0.05, 0) is 26.3 Å². The van der Waals surface area contributed by atoms with Crippen LogP contribution < -0.4 is 5.32 Å². The summed E-state index contributed by atoms with van der Waals surface area (Å²) >= 11 is 0. The smallest absolute Gasteiger partial charge is 0.0580 e. The van der Waals surface area contributed by atoms with E-state index in [1.807, 2.05) is 0 Å². The van der Waals surface area contributed by atoms with Gasteiger partial charge < -0.3 is 10.1 Å². The van der Waals surface area contributed by atoms with Gasteiger partial charge in [0.2, 0.25) is 0 Å². The Balaban J connectivity index is 2.29. The van der Waals surface area contributed by atoms with Crippen molar-refractivity contribution >= 4 is 0 Å². The predicted octanol–water partition coefficient (Wildman–Crippen LogP) is 1.33. The SMILES string of the molecule is COC(C)CC1=CCCNC1. The molecular weight excluding hydrogens is 138 g/mol. The van der Waals surface area contributed by atoms with E-state index in [0.717, 1.165) is 19.5 Å². The highest BCUT2D eigenvalue weighted by molar-refractivity contribution is 5.08. The van der Waals surface area contributed by atoms with Gasteiger partial charge in [0.15, 0.2) is 0 Å². The van der Waals surface area contributed by atoms with E-state index in [0.29, 0.717) is 6.10 Å². The van der Waals surface area contributed by atoms with Crippen molar-refractivity contribution in [3.63, 3.8) is 0 Å². The quantitative estimate of drug-likeness (QED) is 0.621. The number of hydrogen-bond acceptors (Lipinski definition) is 2. The zero-order valence-electron chi connectivity index (χ0n) is 7.39. The average Bonchev–Trinajstić information content (AvgIpc) is 2.06. The summed E-state index contributed by atoms with van der Waals surface area (Å²) in [6, 6.07) is 0. The molecule has 1 unspecified atom stereocenters. The van der Waals surface area contributed by atoms with Crippen LogP contribution in [0.1, 0.15) is 19.8 Å². The minimum Gasteiger partial charge on any atom is -0.381 e. The molecule has 2 nitrogen and oxygen atoms in total. The van der Waals surface area contributed by atoms with Gasteiger partial charge >= 0.3 is 0 Å². The molecule has 1 aliphatic rings. The number of nitrogens with one attached hydrogen (secondary N) is 1. The first kappa shape index (κ1) is 8.75. The molecule has 2 heteroatoms. The van der Waals surface area contributed by atoms with Crippen molar-refractivity contribution in [1.82, 2.24) is 5.32 Å². The molecule has 1 heterocycles. The highest BCUT2D eigenvalue weighted by Gasteiger charge is 2.06. The molecule has 64 valence electrons. The summed E-state index contributed by atoms with van der Waals surface area (Å²) in [7, 11) is 1.77. The highest BCUT2D eigenvalue weighted by atomic mass is 16.5. The van der Waals surface area contributed by atoms with Crippen LogP contribution in [0.15, 0.2) is 11.6 Å². The largest absolute Gasteiger partial charge is 0.381 e. The molecule has 0 aliphatic carbocycles. The Bertz CT molecular complexity index is 142. The maximum absolute atomic E-state index is 5.18. The fourth-order valence-electron chi connectivity index (χ4n) is 1.31. The molecule has 0 aromatic rings. The Morgan fingerprint density at radius 3 is 3.09 bits per heavy atom. The van der Waals surface area contributed by atoms with Gasteiger partial charge in [0.25, 0.3) is 0 Å². The molecule has 0 bridgehead atoms. The molecule has 0 saturated carbocycles. The molecule has 1 aliphatic heterocycles. The molecule has 0 aromatic carbocycles. The molecule has 0 radical (unpaired) electrons. The van der Waals surface area contributed by atoms with E-state index in [-0.39, 0.29) is 0 Å². The van der Waals surface area contributed by atoms with Crippen molar-refractivity contribution in [3.8, 4) is 0 Å². The second-order valence-electron chi connectivity index (χ2n) is 3.08. The second-order valence-corrected chi connectivity index (χ2v) is 3.08. The van der Waals surface area contributed by atoms with Gasteiger partial charge in [-0.2, -0.15) is 0 Å². The van der Waals surface area contributed by atoms with Crippen LogP contribution in [-0.4, -0.2) is 26.3 Å². The van der Waals surface area contributed by atoms with Crippen molar-refractivity contribution in [3.05, 3.63) is 11.6 Å². The number of hydrogen-bond donors (Lipinski definition) is 1. The fourth-order valence-corrected chi connectivity index (χ4v) is 1.31. The Morgan fingerprint density at radius 1 is 1.73 bits per heavy atom. The number of rotatable bonds is 3. The third-order valence-electron chi connectivity index (χ3n) is 2.06. The van der Waals surface area contributed by atoms with Crippen molar-refractivity contribution < 1.29 is 4.74 Å². The first-order chi connectivity index (χ1) is 5.33. The third-order valence-corrected chi connectivity index (χ3v) is 2.06. The van der Waals surface area contributed by atoms with Gasteiger partial charge in [0, 0.05) is 13.7 Å². The predicted molar refractivity (Wildman–Crippen MR) is 46.7 cm³/mol. The van der Waals surface area contributed by atoms with E-state index >= 15 is 0 Å². The molecule has 0 amide bonds. The lowest BCUT2D eigenvalue weighted by Gasteiger charge is -2.17. The zero-order valence-corrected chi connectivity index (χ0v) is 7.39. The lowest BCUT2D eigenvalue weighted by molar-refractivity contribution is 0.118. The van der Waals surface area contributed by atoms with Crippen LogP contribution in [0.25, 0.3) is 0 Å². The number of ether oxygens (including phenoxy) is 1. The standard InChI is InChI=1S/C9H17NO/c1-8(11-2)6-9-4-3-5-10-7-9/h4,8,10H,3,5-7H2,1-2H3. The van der Waals surface area contributed by atoms with E-state index in [4.69, 9.17) is 4.74 Å². The molecule has 0 aromatic heterocycles. The summed E-state index contributed by atoms with van der Waals surface area (Å²) in [4.78, 5) is 0. The summed E-state index contributed by atoms with van der Waals surface area (Å²) in [6.07, 6.45) is 4.93. The van der Waals surface area contributed by atoms with Crippen LogP contribution in [0, 0.1) is 0 Å². The van der Waals surface area contributed by atoms with Crippen LogP contribution in [0.3, 0.4) is 0 Å². The minimum absolute atomic E-state index is 0.362. The van der Waals surface area contributed by atoms with Crippen molar-refractivity contribution in [1.29, 1.82) is 0 Å². The first-order valence-electron chi connectivity index (χ1n) is 4.24. The van der Waals surface area contributed by atoms with Crippen LogP contribution in [0.5, 0.6) is 0 Å². The molecule has 0 spiro atoms. The highest BCUT2D eigenvalue weighted by Crippen LogP contribution is 2.10. The summed E-state index contributed by atoms with van der Waals surface area (Å²) in [5.41, 5.74) is 1.49. The van der Waals surface area contributed by atoms with Gasteiger partial charge in [0.05, 0.1) is 6.10 Å². The van der Waals surface area contributed by atoms with Crippen LogP contribution in [0.2, 0.25) is 0 Å². The molecule has 1 rings (SSSR count). The van der Waals surface area contributed by atoms with Crippen molar-refractivity contribution in [2.24, 2.45) is 0 Å². The Kier molecular flexibility index (Phi) is 3.60. The van der Waals surface area contributed by atoms with Crippen molar-refractivity contribution in [2.45, 2.75) is 25.9 Å². The third kappa shape index (κ3) is 3.04. The maximum Gasteiger partial charge on any atom is 0.0580 e. The second kappa shape index (κ2) is 4.52. The van der Waals surface area contributed by atoms with Crippen LogP contribution >= 0.6 is 0 Å². The van der Waals surface area contributed by atoms with E-state index in [1.165, 1.54) is 12.0 Å². The Labute approximate surface area is 68.6 Å². The number of methoxy groups -OCH3 is 1. The Morgan fingerprint density at radius 2 is 2.55 bits per heavy atom. The average molecular weight is 155 g/mol. The van der Waals surface area contributed by atoms with Gasteiger partial charge in [-0.15, -0.1) is 0 Å². The van der Waals surface area contributed by atoms with E-state index in [9.17, 15) is 0 Å². The monoisotopic (exact) mass is 155 g/mol. The molecule has 0 saturated heterocycles. The lowest BCUT2D eigenvalue weighted by Crippen LogP contribution is -2.24. The lowest BCUT2D eigenvalue weighted by atomic mass is 10.1. The van der Waals surface area contributed by atoms with E-state index in [1.54, 1.807) is 7.11 Å². The van der Waals surface area contributed by atoms with Gasteiger partial charge in [0.1, 0.15) is 0 Å². The normalized spacial score (nSPS) is 21.1. The molecule has 11 heavy (non-hydrogen) atoms.